The summed E-state index contributed by atoms with van der Waals surface area (Å²) in [4.78, 5) is 14.2. The predicted molar refractivity (Wildman–Crippen MR) is 77.5 cm³/mol. The van der Waals surface area contributed by atoms with Crippen molar-refractivity contribution in [2.45, 2.75) is 18.9 Å². The van der Waals surface area contributed by atoms with Gasteiger partial charge < -0.3 is 15.4 Å². The van der Waals surface area contributed by atoms with E-state index in [4.69, 9.17) is 10.5 Å². The second-order valence-corrected chi connectivity index (χ2v) is 4.65. The molecule has 1 aliphatic rings. The van der Waals surface area contributed by atoms with Crippen molar-refractivity contribution in [2.75, 3.05) is 26.2 Å². The number of nitrogens with two attached hydrogens (primary N) is 1. The summed E-state index contributed by atoms with van der Waals surface area (Å²) >= 11 is 0. The highest BCUT2D eigenvalue weighted by molar-refractivity contribution is 5.85. The Balaban J connectivity index is 0.00000180. The van der Waals surface area contributed by atoms with Crippen molar-refractivity contribution in [1.29, 1.82) is 0 Å². The number of carbonyl (C=O) groups is 1. The van der Waals surface area contributed by atoms with Crippen LogP contribution >= 0.6 is 12.4 Å². The third kappa shape index (κ3) is 3.93. The number of nitrogens with zero attached hydrogens (tertiary/aromatic N) is 1. The van der Waals surface area contributed by atoms with Gasteiger partial charge in [-0.25, -0.2) is 0 Å². The number of ether oxygens (including phenoxy) is 1. The second-order valence-electron chi connectivity index (χ2n) is 4.65. The quantitative estimate of drug-likeness (QED) is 0.913. The lowest BCUT2D eigenvalue weighted by Gasteiger charge is -2.34. The molecule has 0 bridgehead atoms. The SMILES string of the molecule is CC(C(=O)N1CCOC(CN)C1)c1ccccc1.Cl. The fraction of sp³-hybridized carbons (Fsp3) is 0.500. The molecule has 2 rings (SSSR count). The minimum atomic E-state index is -0.109. The lowest BCUT2D eigenvalue weighted by Crippen LogP contribution is -2.49. The number of morpholine rings is 1. The van der Waals surface area contributed by atoms with Crippen LogP contribution in [0.5, 0.6) is 0 Å². The zero-order valence-electron chi connectivity index (χ0n) is 11.1. The molecule has 4 nitrogen and oxygen atoms in total. The van der Waals surface area contributed by atoms with Gasteiger partial charge >= 0.3 is 0 Å². The van der Waals surface area contributed by atoms with Crippen LogP contribution in [-0.2, 0) is 9.53 Å². The molecule has 0 spiro atoms. The van der Waals surface area contributed by atoms with Crippen LogP contribution in [0.4, 0.5) is 0 Å². The number of carbonyl (C=O) groups excluding carboxylic acids is 1. The van der Waals surface area contributed by atoms with Crippen molar-refractivity contribution in [3.8, 4) is 0 Å². The van der Waals surface area contributed by atoms with Gasteiger partial charge in [0.2, 0.25) is 5.91 Å². The molecule has 1 aromatic carbocycles. The molecule has 0 radical (unpaired) electrons. The predicted octanol–water partition coefficient (Wildman–Crippen LogP) is 1.40. The van der Waals surface area contributed by atoms with E-state index in [0.29, 0.717) is 26.2 Å². The van der Waals surface area contributed by atoms with E-state index in [-0.39, 0.29) is 30.3 Å². The summed E-state index contributed by atoms with van der Waals surface area (Å²) in [6.07, 6.45) is -0.0225. The molecule has 2 unspecified atom stereocenters. The number of rotatable bonds is 3. The average Bonchev–Trinajstić information content (AvgIpc) is 2.46. The number of halogens is 1. The van der Waals surface area contributed by atoms with Gasteiger partial charge in [-0.1, -0.05) is 30.3 Å². The van der Waals surface area contributed by atoms with E-state index in [2.05, 4.69) is 0 Å². The van der Waals surface area contributed by atoms with Crippen molar-refractivity contribution in [2.24, 2.45) is 5.73 Å². The molecule has 0 aliphatic carbocycles. The van der Waals surface area contributed by atoms with Crippen molar-refractivity contribution >= 4 is 18.3 Å². The molecular weight excluding hydrogens is 264 g/mol. The summed E-state index contributed by atoms with van der Waals surface area (Å²) in [6.45, 7) is 4.25. The standard InChI is InChI=1S/C14H20N2O2.ClH/c1-11(12-5-3-2-4-6-12)14(17)16-7-8-18-13(9-15)10-16;/h2-6,11,13H,7-10,15H2,1H3;1H. The Kier molecular flexibility index (Phi) is 6.28. The molecule has 1 amide bonds. The van der Waals surface area contributed by atoms with Gasteiger partial charge in [-0.2, -0.15) is 0 Å². The maximum absolute atomic E-state index is 12.4. The van der Waals surface area contributed by atoms with Gasteiger partial charge in [0, 0.05) is 19.6 Å². The Bertz CT molecular complexity index is 400. The van der Waals surface area contributed by atoms with Gasteiger partial charge in [-0.3, -0.25) is 4.79 Å². The summed E-state index contributed by atoms with van der Waals surface area (Å²) in [6, 6.07) is 9.86. The Morgan fingerprint density at radius 3 is 2.79 bits per heavy atom. The molecule has 2 atom stereocenters. The first kappa shape index (κ1) is 16.0. The fourth-order valence-electron chi connectivity index (χ4n) is 2.22. The third-order valence-corrected chi connectivity index (χ3v) is 3.38. The van der Waals surface area contributed by atoms with Crippen LogP contribution in [0.15, 0.2) is 30.3 Å². The number of amides is 1. The molecule has 1 aromatic rings. The average molecular weight is 285 g/mol. The molecule has 0 aromatic heterocycles. The van der Waals surface area contributed by atoms with E-state index < -0.39 is 0 Å². The first-order valence-electron chi connectivity index (χ1n) is 6.37. The zero-order chi connectivity index (χ0) is 13.0. The first-order chi connectivity index (χ1) is 8.72. The van der Waals surface area contributed by atoms with Crippen LogP contribution in [0.2, 0.25) is 0 Å². The van der Waals surface area contributed by atoms with Crippen LogP contribution < -0.4 is 5.73 Å². The summed E-state index contributed by atoms with van der Waals surface area (Å²) in [5.41, 5.74) is 6.64. The van der Waals surface area contributed by atoms with Gasteiger partial charge in [0.05, 0.1) is 18.6 Å². The summed E-state index contributed by atoms with van der Waals surface area (Å²) < 4.78 is 5.47. The smallest absolute Gasteiger partial charge is 0.229 e. The molecule has 19 heavy (non-hydrogen) atoms. The van der Waals surface area contributed by atoms with Gasteiger partial charge in [-0.15, -0.1) is 12.4 Å². The van der Waals surface area contributed by atoms with Crippen molar-refractivity contribution in [1.82, 2.24) is 4.90 Å². The maximum atomic E-state index is 12.4. The van der Waals surface area contributed by atoms with Crippen molar-refractivity contribution in [3.05, 3.63) is 35.9 Å². The fourth-order valence-corrected chi connectivity index (χ4v) is 2.22. The molecule has 106 valence electrons. The third-order valence-electron chi connectivity index (χ3n) is 3.38. The van der Waals surface area contributed by atoms with Crippen LogP contribution in [0.1, 0.15) is 18.4 Å². The highest BCUT2D eigenvalue weighted by Crippen LogP contribution is 2.19. The molecule has 2 N–H and O–H groups in total. The second kappa shape index (κ2) is 7.48. The van der Waals surface area contributed by atoms with E-state index in [1.54, 1.807) is 0 Å². The van der Waals surface area contributed by atoms with E-state index in [0.717, 1.165) is 5.56 Å². The van der Waals surface area contributed by atoms with Crippen LogP contribution in [0, 0.1) is 0 Å². The number of benzene rings is 1. The van der Waals surface area contributed by atoms with E-state index in [9.17, 15) is 4.79 Å². The topological polar surface area (TPSA) is 55.6 Å². The molecule has 0 saturated carbocycles. The van der Waals surface area contributed by atoms with E-state index in [1.165, 1.54) is 0 Å². The zero-order valence-corrected chi connectivity index (χ0v) is 11.9. The van der Waals surface area contributed by atoms with Crippen molar-refractivity contribution in [3.63, 3.8) is 0 Å². The normalized spacial score (nSPS) is 20.5. The maximum Gasteiger partial charge on any atom is 0.229 e. The summed E-state index contributed by atoms with van der Waals surface area (Å²) in [5, 5.41) is 0. The van der Waals surface area contributed by atoms with E-state index in [1.807, 2.05) is 42.2 Å². The minimum absolute atomic E-state index is 0. The lowest BCUT2D eigenvalue weighted by atomic mass is 9.99. The summed E-state index contributed by atoms with van der Waals surface area (Å²) in [5.74, 6) is 0.0469. The van der Waals surface area contributed by atoms with E-state index >= 15 is 0 Å². The van der Waals surface area contributed by atoms with Gasteiger partial charge in [0.25, 0.3) is 0 Å². The van der Waals surface area contributed by atoms with Gasteiger partial charge in [0.15, 0.2) is 0 Å². The molecule has 1 fully saturated rings. The van der Waals surface area contributed by atoms with Crippen LogP contribution in [-0.4, -0.2) is 43.2 Å². The van der Waals surface area contributed by atoms with Crippen molar-refractivity contribution < 1.29 is 9.53 Å². The minimum Gasteiger partial charge on any atom is -0.373 e. The van der Waals surface area contributed by atoms with Gasteiger partial charge in [-0.05, 0) is 12.5 Å². The Labute approximate surface area is 120 Å². The number of hydrogen-bond donors (Lipinski definition) is 1. The Hall–Kier alpha value is -1.10. The van der Waals surface area contributed by atoms with Crippen LogP contribution in [0.3, 0.4) is 0 Å². The lowest BCUT2D eigenvalue weighted by molar-refractivity contribution is -0.139. The highest BCUT2D eigenvalue weighted by Gasteiger charge is 2.27. The molecule has 1 heterocycles. The number of hydrogen-bond acceptors (Lipinski definition) is 3. The Morgan fingerprint density at radius 1 is 1.47 bits per heavy atom. The highest BCUT2D eigenvalue weighted by atomic mass is 35.5. The molecule has 1 saturated heterocycles. The molecular formula is C14H21ClN2O2. The monoisotopic (exact) mass is 284 g/mol. The Morgan fingerprint density at radius 2 is 2.16 bits per heavy atom. The molecule has 1 aliphatic heterocycles. The largest absolute Gasteiger partial charge is 0.373 e. The first-order valence-corrected chi connectivity index (χ1v) is 6.37. The summed E-state index contributed by atoms with van der Waals surface area (Å²) in [7, 11) is 0. The van der Waals surface area contributed by atoms with Gasteiger partial charge in [0.1, 0.15) is 0 Å². The molecule has 5 heteroatoms. The van der Waals surface area contributed by atoms with Crippen LogP contribution in [0.25, 0.3) is 0 Å².